The van der Waals surface area contributed by atoms with Gasteiger partial charge in [-0.25, -0.2) is 0 Å². The van der Waals surface area contributed by atoms with Crippen LogP contribution < -0.4 is 5.32 Å². The number of nitrogens with zero attached hydrogens (tertiary/aromatic N) is 1. The molecule has 1 saturated heterocycles. The molecule has 0 unspecified atom stereocenters. The number of carbonyl (C=O) groups excluding carboxylic acids is 1. The lowest BCUT2D eigenvalue weighted by molar-refractivity contribution is -0.135. The van der Waals surface area contributed by atoms with E-state index in [4.69, 9.17) is 4.74 Å². The lowest BCUT2D eigenvalue weighted by Gasteiger charge is -2.37. The molecule has 0 bridgehead atoms. The zero-order chi connectivity index (χ0) is 14.7. The average molecular weight is 294 g/mol. The van der Waals surface area contributed by atoms with Crippen molar-refractivity contribution in [3.8, 4) is 0 Å². The Kier molecular flexibility index (Phi) is 5.17. The molecule has 120 valence electrons. The van der Waals surface area contributed by atoms with Gasteiger partial charge in [0.05, 0.1) is 6.10 Å². The van der Waals surface area contributed by atoms with Gasteiger partial charge in [-0.1, -0.05) is 0 Å². The summed E-state index contributed by atoms with van der Waals surface area (Å²) in [7, 11) is 0. The summed E-state index contributed by atoms with van der Waals surface area (Å²) >= 11 is 0. The lowest BCUT2D eigenvalue weighted by Crippen LogP contribution is -2.46. The molecule has 1 heterocycles. The van der Waals surface area contributed by atoms with Gasteiger partial charge in [0.25, 0.3) is 0 Å². The van der Waals surface area contributed by atoms with Crippen molar-refractivity contribution in [1.82, 2.24) is 10.2 Å². The number of piperidine rings is 1. The van der Waals surface area contributed by atoms with Crippen LogP contribution in [0, 0.1) is 11.8 Å². The Balaban J connectivity index is 1.29. The Bertz CT molecular complexity index is 343. The Morgan fingerprint density at radius 1 is 1.14 bits per heavy atom. The molecule has 0 spiro atoms. The highest BCUT2D eigenvalue weighted by molar-refractivity contribution is 5.76. The fourth-order valence-corrected chi connectivity index (χ4v) is 3.58. The average Bonchev–Trinajstić information content (AvgIpc) is 3.27. The predicted molar refractivity (Wildman–Crippen MR) is 83.1 cm³/mol. The molecule has 3 rings (SSSR count). The highest BCUT2D eigenvalue weighted by Crippen LogP contribution is 2.33. The number of amides is 1. The Labute approximate surface area is 128 Å². The number of ether oxygens (including phenoxy) is 1. The van der Waals surface area contributed by atoms with Crippen molar-refractivity contribution >= 4 is 5.91 Å². The van der Waals surface area contributed by atoms with Gasteiger partial charge >= 0.3 is 0 Å². The molecule has 1 amide bonds. The molecule has 4 nitrogen and oxygen atoms in total. The van der Waals surface area contributed by atoms with Crippen molar-refractivity contribution in [1.29, 1.82) is 0 Å². The first kappa shape index (κ1) is 15.3. The van der Waals surface area contributed by atoms with Crippen molar-refractivity contribution in [3.05, 3.63) is 0 Å². The summed E-state index contributed by atoms with van der Waals surface area (Å²) in [5, 5.41) is 3.67. The van der Waals surface area contributed by atoms with Crippen LogP contribution in [0.1, 0.15) is 51.9 Å². The van der Waals surface area contributed by atoms with Gasteiger partial charge in [-0.3, -0.25) is 4.79 Å². The van der Waals surface area contributed by atoms with Crippen molar-refractivity contribution in [3.63, 3.8) is 0 Å². The Morgan fingerprint density at radius 3 is 2.48 bits per heavy atom. The van der Waals surface area contributed by atoms with Crippen LogP contribution in [-0.4, -0.2) is 49.2 Å². The first-order valence-corrected chi connectivity index (χ1v) is 8.87. The van der Waals surface area contributed by atoms with Crippen LogP contribution in [-0.2, 0) is 9.53 Å². The van der Waals surface area contributed by atoms with E-state index in [1.165, 1.54) is 19.4 Å². The largest absolute Gasteiger partial charge is 0.378 e. The maximum absolute atomic E-state index is 12.3. The number of hydrogen-bond donors (Lipinski definition) is 1. The van der Waals surface area contributed by atoms with E-state index in [0.29, 0.717) is 24.0 Å². The molecule has 21 heavy (non-hydrogen) atoms. The molecule has 2 saturated carbocycles. The van der Waals surface area contributed by atoms with E-state index in [1.54, 1.807) is 0 Å². The Hall–Kier alpha value is -0.610. The van der Waals surface area contributed by atoms with Crippen LogP contribution in [0.25, 0.3) is 0 Å². The second kappa shape index (κ2) is 7.10. The van der Waals surface area contributed by atoms with Crippen LogP contribution in [0.5, 0.6) is 0 Å². The lowest BCUT2D eigenvalue weighted by atomic mass is 9.79. The molecule has 3 fully saturated rings. The molecule has 1 N–H and O–H groups in total. The van der Waals surface area contributed by atoms with E-state index in [2.05, 4.69) is 10.2 Å². The van der Waals surface area contributed by atoms with Gasteiger partial charge in [0.15, 0.2) is 0 Å². The fraction of sp³-hybridized carbons (Fsp3) is 0.941. The normalized spacial score (nSPS) is 30.2. The van der Waals surface area contributed by atoms with Crippen LogP contribution in [0.4, 0.5) is 0 Å². The molecule has 1 aliphatic heterocycles. The summed E-state index contributed by atoms with van der Waals surface area (Å²) in [6.07, 6.45) is 8.41. The predicted octanol–water partition coefficient (Wildman–Crippen LogP) is 2.18. The monoisotopic (exact) mass is 294 g/mol. The van der Waals surface area contributed by atoms with Gasteiger partial charge in [-0.05, 0) is 63.8 Å². The summed E-state index contributed by atoms with van der Waals surface area (Å²) in [6, 6.07) is 0.640. The van der Waals surface area contributed by atoms with E-state index < -0.39 is 0 Å². The minimum Gasteiger partial charge on any atom is -0.378 e. The standard InChI is InChI=1S/C17H30N2O2/c1-2-21-16-9-14(10-16)11-17(20)19-7-5-15(6-8-19)18-12-13-3-4-13/h13-16,18H,2-12H2,1H3. The van der Waals surface area contributed by atoms with E-state index in [0.717, 1.165) is 57.7 Å². The van der Waals surface area contributed by atoms with Crippen LogP contribution in [0.15, 0.2) is 0 Å². The van der Waals surface area contributed by atoms with Gasteiger partial charge in [0.1, 0.15) is 0 Å². The number of rotatable bonds is 7. The topological polar surface area (TPSA) is 41.6 Å². The maximum atomic E-state index is 12.3. The molecule has 0 aromatic heterocycles. The first-order chi connectivity index (χ1) is 10.2. The van der Waals surface area contributed by atoms with Crippen molar-refractivity contribution in [2.24, 2.45) is 11.8 Å². The highest BCUT2D eigenvalue weighted by atomic mass is 16.5. The Morgan fingerprint density at radius 2 is 1.86 bits per heavy atom. The molecule has 0 radical (unpaired) electrons. The third kappa shape index (κ3) is 4.43. The molecule has 3 aliphatic rings. The highest BCUT2D eigenvalue weighted by Gasteiger charge is 2.33. The summed E-state index contributed by atoms with van der Waals surface area (Å²) in [5.41, 5.74) is 0. The number of carbonyl (C=O) groups is 1. The molecular weight excluding hydrogens is 264 g/mol. The van der Waals surface area contributed by atoms with E-state index in [1.807, 2.05) is 6.92 Å². The van der Waals surface area contributed by atoms with Gasteiger partial charge in [-0.15, -0.1) is 0 Å². The van der Waals surface area contributed by atoms with E-state index in [-0.39, 0.29) is 0 Å². The van der Waals surface area contributed by atoms with Gasteiger partial charge in [-0.2, -0.15) is 0 Å². The molecule has 4 heteroatoms. The zero-order valence-electron chi connectivity index (χ0n) is 13.4. The van der Waals surface area contributed by atoms with Gasteiger partial charge < -0.3 is 15.0 Å². The van der Waals surface area contributed by atoms with E-state index in [9.17, 15) is 4.79 Å². The smallest absolute Gasteiger partial charge is 0.222 e. The van der Waals surface area contributed by atoms with Gasteiger partial charge in [0.2, 0.25) is 5.91 Å². The second-order valence-electron chi connectivity index (χ2n) is 7.13. The number of nitrogens with one attached hydrogen (secondary N) is 1. The molecular formula is C17H30N2O2. The molecule has 0 atom stereocenters. The van der Waals surface area contributed by atoms with Crippen LogP contribution in [0.2, 0.25) is 0 Å². The SMILES string of the molecule is CCOC1CC(CC(=O)N2CCC(NCC3CC3)CC2)C1. The number of hydrogen-bond acceptors (Lipinski definition) is 3. The molecule has 2 aliphatic carbocycles. The second-order valence-corrected chi connectivity index (χ2v) is 7.13. The first-order valence-electron chi connectivity index (χ1n) is 8.87. The van der Waals surface area contributed by atoms with Crippen molar-refractivity contribution < 1.29 is 9.53 Å². The fourth-order valence-electron chi connectivity index (χ4n) is 3.58. The summed E-state index contributed by atoms with van der Waals surface area (Å²) in [5.74, 6) is 1.89. The quantitative estimate of drug-likeness (QED) is 0.782. The zero-order valence-corrected chi connectivity index (χ0v) is 13.4. The van der Waals surface area contributed by atoms with E-state index >= 15 is 0 Å². The van der Waals surface area contributed by atoms with Crippen LogP contribution in [0.3, 0.4) is 0 Å². The summed E-state index contributed by atoms with van der Waals surface area (Å²) < 4.78 is 5.57. The minimum absolute atomic E-state index is 0.371. The third-order valence-corrected chi connectivity index (χ3v) is 5.30. The third-order valence-electron chi connectivity index (χ3n) is 5.30. The molecule has 0 aromatic rings. The minimum atomic E-state index is 0.371. The molecule has 0 aromatic carbocycles. The number of likely N-dealkylation sites (tertiary alicyclic amines) is 1. The maximum Gasteiger partial charge on any atom is 0.222 e. The van der Waals surface area contributed by atoms with Gasteiger partial charge in [0, 0.05) is 32.2 Å². The summed E-state index contributed by atoms with van der Waals surface area (Å²) in [6.45, 7) is 5.93. The van der Waals surface area contributed by atoms with Crippen LogP contribution >= 0.6 is 0 Å². The summed E-state index contributed by atoms with van der Waals surface area (Å²) in [4.78, 5) is 14.4. The van der Waals surface area contributed by atoms with Crippen molar-refractivity contribution in [2.75, 3.05) is 26.2 Å². The van der Waals surface area contributed by atoms with Crippen molar-refractivity contribution in [2.45, 2.75) is 64.0 Å².